The zero-order valence-electron chi connectivity index (χ0n) is 2.09. The Bertz CT molecular complexity index is 19.1. The third-order valence-electron chi connectivity index (χ3n) is 0. The molecular weight excluding hydrogens is 524 g/mol. The first-order valence-electron chi connectivity index (χ1n) is 0.873. The first-order valence-corrected chi connectivity index (χ1v) is 39.8. The molecule has 0 aromatic carbocycles. The van der Waals surface area contributed by atoms with Gasteiger partial charge < -0.3 is 0 Å². The number of hydrogen-bond donors (Lipinski definition) is 0. The van der Waals surface area contributed by atoms with Crippen LogP contribution in [0.2, 0.25) is 0 Å². The third-order valence-corrected chi connectivity index (χ3v) is 0. The summed E-state index contributed by atoms with van der Waals surface area (Å²) in [6.07, 6.45) is 0. The van der Waals surface area contributed by atoms with Crippen LogP contribution in [0, 0.1) is 0 Å². The first-order chi connectivity index (χ1) is 2.00. The maximum atomic E-state index is 3.35. The molecule has 0 aromatic rings. The Balaban J connectivity index is 3.02. The molecule has 0 heterocycles. The summed E-state index contributed by atoms with van der Waals surface area (Å²) in [5.74, 6) is 0. The molecule has 31 valence electrons. The van der Waals surface area contributed by atoms with E-state index in [9.17, 15) is 0 Å². The van der Waals surface area contributed by atoms with E-state index in [1.54, 1.807) is 0 Å². The molecule has 0 atom stereocenters. The van der Waals surface area contributed by atoms with Crippen molar-refractivity contribution < 1.29 is 0 Å². The van der Waals surface area contributed by atoms with Crippen LogP contribution in [0.4, 0.5) is 0 Å². The van der Waals surface area contributed by atoms with Crippen molar-refractivity contribution in [1.29, 1.82) is 0 Å². The van der Waals surface area contributed by atoms with Crippen molar-refractivity contribution in [2.45, 2.75) is 0 Å². The van der Waals surface area contributed by atoms with Crippen molar-refractivity contribution in [3.05, 3.63) is 0 Å². The SMILES string of the molecule is [Br][Tl]([Br])([Br])[Br]. The number of halogens is 4. The average molecular weight is 524 g/mol. The van der Waals surface area contributed by atoms with Gasteiger partial charge in [0.1, 0.15) is 0 Å². The van der Waals surface area contributed by atoms with E-state index in [0.717, 1.165) is 0 Å². The van der Waals surface area contributed by atoms with Gasteiger partial charge in [0.25, 0.3) is 0 Å². The van der Waals surface area contributed by atoms with Crippen LogP contribution in [0.25, 0.3) is 0 Å². The molecule has 0 radical (unpaired) electrons. The van der Waals surface area contributed by atoms with Crippen LogP contribution < -0.4 is 0 Å². The molecule has 0 aliphatic heterocycles. The van der Waals surface area contributed by atoms with Gasteiger partial charge in [-0.05, 0) is 0 Å². The van der Waals surface area contributed by atoms with E-state index in [1.165, 1.54) is 0 Å². The molecule has 5 heteroatoms. The van der Waals surface area contributed by atoms with Gasteiger partial charge in [-0.3, -0.25) is 0 Å². The average Bonchev–Trinajstić information content (AvgIpc) is 0.722. The molecule has 0 aromatic heterocycles. The molecule has 0 N–H and O–H groups in total. The van der Waals surface area contributed by atoms with Crippen molar-refractivity contribution in [2.75, 3.05) is 0 Å². The molecule has 0 saturated carbocycles. The van der Waals surface area contributed by atoms with Crippen LogP contribution in [-0.4, -0.2) is 11.5 Å². The molecule has 0 bridgehead atoms. The first kappa shape index (κ1) is 7.84. The van der Waals surface area contributed by atoms with Crippen molar-refractivity contribution in [2.24, 2.45) is 0 Å². The molecule has 0 fully saturated rings. The van der Waals surface area contributed by atoms with Gasteiger partial charge in [-0.1, -0.05) is 0 Å². The second kappa shape index (κ2) is 2.99. The topological polar surface area (TPSA) is 0 Å². The Hall–Kier alpha value is 2.84. The molecule has 5 heavy (non-hydrogen) atoms. The molecule has 0 amide bonds. The molecule has 0 rings (SSSR count). The Labute approximate surface area is 58.0 Å². The Morgan fingerprint density at radius 1 is 0.800 bits per heavy atom. The van der Waals surface area contributed by atoms with E-state index in [1.807, 2.05) is 0 Å². The molecule has 0 unspecified atom stereocenters. The monoisotopic (exact) mass is 521 g/mol. The van der Waals surface area contributed by atoms with E-state index < -0.39 is 11.5 Å². The van der Waals surface area contributed by atoms with Gasteiger partial charge in [0.05, 0.1) is 0 Å². The molecular formula is Br4Tl. The molecule has 0 saturated heterocycles. The Morgan fingerprint density at radius 2 is 0.800 bits per heavy atom. The van der Waals surface area contributed by atoms with E-state index in [2.05, 4.69) is 47.9 Å². The minimum absolute atomic E-state index is 2.08. The fourth-order valence-corrected chi connectivity index (χ4v) is 0. The van der Waals surface area contributed by atoms with Gasteiger partial charge >= 0.3 is 59.5 Å². The molecule has 0 spiro atoms. The van der Waals surface area contributed by atoms with Gasteiger partial charge in [0, 0.05) is 0 Å². The standard InChI is InChI=1S/4BrH.Tl/h4*1H;/q;;;;+4/p-4. The second-order valence-corrected chi connectivity index (χ2v) is 117. The molecule has 0 nitrogen and oxygen atoms in total. The van der Waals surface area contributed by atoms with E-state index in [4.69, 9.17) is 0 Å². The van der Waals surface area contributed by atoms with Crippen molar-refractivity contribution in [3.8, 4) is 0 Å². The summed E-state index contributed by atoms with van der Waals surface area (Å²) in [4.78, 5) is 0. The van der Waals surface area contributed by atoms with Crippen LogP contribution in [0.5, 0.6) is 0 Å². The summed E-state index contributed by atoms with van der Waals surface area (Å²) in [6.45, 7) is 0. The van der Waals surface area contributed by atoms with Crippen LogP contribution in [0.3, 0.4) is 0 Å². The van der Waals surface area contributed by atoms with Crippen molar-refractivity contribution in [3.63, 3.8) is 0 Å². The minimum atomic E-state index is -2.08. The Morgan fingerprint density at radius 3 is 0.800 bits per heavy atom. The van der Waals surface area contributed by atoms with Gasteiger partial charge in [-0.2, -0.15) is 0 Å². The molecule has 0 aliphatic rings. The Kier molecular flexibility index (Phi) is 4.68. The van der Waals surface area contributed by atoms with E-state index in [0.29, 0.717) is 0 Å². The number of rotatable bonds is 0. The summed E-state index contributed by atoms with van der Waals surface area (Å²) in [5.41, 5.74) is 0. The van der Waals surface area contributed by atoms with Crippen molar-refractivity contribution >= 4 is 59.5 Å². The van der Waals surface area contributed by atoms with Crippen LogP contribution >= 0.6 is 47.9 Å². The second-order valence-electron chi connectivity index (χ2n) is 0.495. The predicted octanol–water partition coefficient (Wildman–Crippen LogP) is 3.00. The van der Waals surface area contributed by atoms with Crippen LogP contribution in [-0.2, 0) is 0 Å². The van der Waals surface area contributed by atoms with Gasteiger partial charge in [0.15, 0.2) is 0 Å². The predicted molar refractivity (Wildman–Crippen MR) is 41.5 cm³/mol. The van der Waals surface area contributed by atoms with Crippen LogP contribution in [0.15, 0.2) is 0 Å². The summed E-state index contributed by atoms with van der Waals surface area (Å²) in [5, 5.41) is 0. The third kappa shape index (κ3) is 19.9. The fourth-order valence-electron chi connectivity index (χ4n) is 0. The van der Waals surface area contributed by atoms with E-state index in [-0.39, 0.29) is 0 Å². The van der Waals surface area contributed by atoms with Gasteiger partial charge in [0.2, 0.25) is 0 Å². The van der Waals surface area contributed by atoms with Crippen LogP contribution in [0.1, 0.15) is 0 Å². The zero-order valence-corrected chi connectivity index (χ0v) is 12.9. The van der Waals surface area contributed by atoms with Crippen molar-refractivity contribution in [1.82, 2.24) is 0 Å². The maximum absolute atomic E-state index is 3.35. The fraction of sp³-hybridized carbons (Fsp3) is 0. The summed E-state index contributed by atoms with van der Waals surface area (Å²) >= 11 is 11.3. The van der Waals surface area contributed by atoms with Gasteiger partial charge in [-0.25, -0.2) is 0 Å². The summed E-state index contributed by atoms with van der Waals surface area (Å²) in [6, 6.07) is 0. The van der Waals surface area contributed by atoms with Gasteiger partial charge in [-0.15, -0.1) is 0 Å². The molecule has 0 aliphatic carbocycles. The number of hydrogen-bond acceptors (Lipinski definition) is 0. The quantitative estimate of drug-likeness (QED) is 0.428. The zero-order chi connectivity index (χ0) is 4.50. The van der Waals surface area contributed by atoms with E-state index >= 15 is 0 Å². The normalized spacial score (nSPS) is 12.0. The summed E-state index contributed by atoms with van der Waals surface area (Å²) < 4.78 is 0. The summed E-state index contributed by atoms with van der Waals surface area (Å²) in [7, 11) is 0.